The van der Waals surface area contributed by atoms with Crippen molar-refractivity contribution in [2.45, 2.75) is 40.2 Å². The van der Waals surface area contributed by atoms with Crippen molar-refractivity contribution in [1.29, 1.82) is 0 Å². The zero-order valence-electron chi connectivity index (χ0n) is 11.5. The van der Waals surface area contributed by atoms with Crippen molar-refractivity contribution < 1.29 is 0 Å². The van der Waals surface area contributed by atoms with Gasteiger partial charge in [0.05, 0.1) is 0 Å². The second-order valence-corrected chi connectivity index (χ2v) is 4.60. The lowest BCUT2D eigenvalue weighted by Gasteiger charge is -2.14. The number of hydrogen-bond donors (Lipinski definition) is 2. The summed E-state index contributed by atoms with van der Waals surface area (Å²) in [7, 11) is 1.97. The van der Waals surface area contributed by atoms with Crippen LogP contribution in [0.3, 0.4) is 0 Å². The minimum atomic E-state index is 0.741. The normalized spacial score (nSPS) is 10.9. The zero-order chi connectivity index (χ0) is 12.7. The predicted octanol–water partition coefficient (Wildman–Crippen LogP) is 2.96. The number of aryl methyl sites for hydroxylation is 1. The van der Waals surface area contributed by atoms with Crippen LogP contribution >= 0.6 is 0 Å². The zero-order valence-corrected chi connectivity index (χ0v) is 11.5. The van der Waals surface area contributed by atoms with Crippen molar-refractivity contribution in [2.75, 3.05) is 18.9 Å². The highest BCUT2D eigenvalue weighted by molar-refractivity contribution is 5.39. The van der Waals surface area contributed by atoms with Crippen LogP contribution in [-0.2, 0) is 6.54 Å². The van der Waals surface area contributed by atoms with Crippen LogP contribution in [-0.4, -0.2) is 18.6 Å². The van der Waals surface area contributed by atoms with Gasteiger partial charge in [0.1, 0.15) is 5.82 Å². The number of hydrogen-bond acceptors (Lipinski definition) is 3. The Kier molecular flexibility index (Phi) is 5.98. The van der Waals surface area contributed by atoms with E-state index in [0.29, 0.717) is 0 Å². The summed E-state index contributed by atoms with van der Waals surface area (Å²) < 4.78 is 0. The molecule has 0 saturated heterocycles. The van der Waals surface area contributed by atoms with E-state index in [1.807, 2.05) is 14.0 Å². The van der Waals surface area contributed by atoms with Gasteiger partial charge in [0.25, 0.3) is 0 Å². The summed E-state index contributed by atoms with van der Waals surface area (Å²) in [6.45, 7) is 8.44. The molecule has 1 aromatic heterocycles. The van der Waals surface area contributed by atoms with Gasteiger partial charge in [-0.05, 0) is 37.6 Å². The van der Waals surface area contributed by atoms with Gasteiger partial charge >= 0.3 is 0 Å². The monoisotopic (exact) mass is 235 g/mol. The third kappa shape index (κ3) is 4.73. The first-order chi connectivity index (χ1) is 8.19. The van der Waals surface area contributed by atoms with Gasteiger partial charge in [-0.2, -0.15) is 0 Å². The third-order valence-corrected chi connectivity index (χ3v) is 3.12. The molecule has 0 fully saturated rings. The summed E-state index contributed by atoms with van der Waals surface area (Å²) in [5.41, 5.74) is 2.36. The van der Waals surface area contributed by atoms with E-state index in [0.717, 1.165) is 30.5 Å². The van der Waals surface area contributed by atoms with Crippen LogP contribution in [0.25, 0.3) is 0 Å². The van der Waals surface area contributed by atoms with E-state index >= 15 is 0 Å². The molecule has 1 rings (SSSR count). The van der Waals surface area contributed by atoms with E-state index < -0.39 is 0 Å². The lowest BCUT2D eigenvalue weighted by Crippen LogP contribution is -2.14. The van der Waals surface area contributed by atoms with E-state index in [9.17, 15) is 0 Å². The second kappa shape index (κ2) is 7.28. The van der Waals surface area contributed by atoms with Gasteiger partial charge < -0.3 is 10.6 Å². The van der Waals surface area contributed by atoms with Crippen molar-refractivity contribution in [3.8, 4) is 0 Å². The Morgan fingerprint density at radius 2 is 1.94 bits per heavy atom. The highest BCUT2D eigenvalue weighted by Gasteiger charge is 2.04. The number of anilines is 1. The Bertz CT molecular complexity index is 332. The molecule has 96 valence electrons. The molecule has 0 atom stereocenters. The average molecular weight is 235 g/mol. The van der Waals surface area contributed by atoms with Crippen LogP contribution in [0, 0.1) is 12.8 Å². The topological polar surface area (TPSA) is 37.0 Å². The van der Waals surface area contributed by atoms with Crippen molar-refractivity contribution in [3.63, 3.8) is 0 Å². The smallest absolute Gasteiger partial charge is 0.126 e. The molecule has 3 heteroatoms. The fraction of sp³-hybridized carbons (Fsp3) is 0.643. The number of nitrogens with zero attached hydrogens (tertiary/aromatic N) is 1. The molecule has 1 aromatic rings. The first kappa shape index (κ1) is 14.0. The highest BCUT2D eigenvalue weighted by atomic mass is 15.0. The maximum atomic E-state index is 4.52. The van der Waals surface area contributed by atoms with E-state index in [-0.39, 0.29) is 0 Å². The molecule has 0 aliphatic heterocycles. The molecule has 0 unspecified atom stereocenters. The maximum Gasteiger partial charge on any atom is 0.126 e. The van der Waals surface area contributed by atoms with E-state index in [1.54, 1.807) is 0 Å². The van der Waals surface area contributed by atoms with Gasteiger partial charge in [-0.15, -0.1) is 0 Å². The van der Waals surface area contributed by atoms with Crippen molar-refractivity contribution in [3.05, 3.63) is 23.4 Å². The lowest BCUT2D eigenvalue weighted by molar-refractivity contribution is 0.518. The van der Waals surface area contributed by atoms with Crippen LogP contribution in [0.1, 0.15) is 37.9 Å². The minimum Gasteiger partial charge on any atom is -0.370 e. The van der Waals surface area contributed by atoms with Crippen LogP contribution in [0.5, 0.6) is 0 Å². The van der Waals surface area contributed by atoms with Crippen LogP contribution in [0.4, 0.5) is 5.82 Å². The molecule has 0 saturated carbocycles. The summed E-state index contributed by atoms with van der Waals surface area (Å²) in [5, 5.41) is 6.62. The molecule has 0 spiro atoms. The Morgan fingerprint density at radius 3 is 2.53 bits per heavy atom. The standard InChI is InChI=1S/C14H25N3/c1-5-12(6-2)10-16-14-8-13(9-15-4)7-11(3)17-14/h7-8,12,15H,5-6,9-10H2,1-4H3,(H,16,17). The third-order valence-electron chi connectivity index (χ3n) is 3.12. The highest BCUT2D eigenvalue weighted by Crippen LogP contribution is 2.13. The molecule has 0 amide bonds. The van der Waals surface area contributed by atoms with Crippen molar-refractivity contribution >= 4 is 5.82 Å². The fourth-order valence-electron chi connectivity index (χ4n) is 1.96. The Morgan fingerprint density at radius 1 is 1.24 bits per heavy atom. The molecule has 0 aromatic carbocycles. The molecule has 17 heavy (non-hydrogen) atoms. The average Bonchev–Trinajstić information content (AvgIpc) is 2.30. The molecule has 0 radical (unpaired) electrons. The summed E-state index contributed by atoms with van der Waals surface area (Å²) in [5.74, 6) is 1.74. The summed E-state index contributed by atoms with van der Waals surface area (Å²) in [6.07, 6.45) is 2.44. The van der Waals surface area contributed by atoms with Gasteiger partial charge in [-0.3, -0.25) is 0 Å². The molecular formula is C14H25N3. The number of pyridine rings is 1. The molecule has 2 N–H and O–H groups in total. The number of nitrogens with one attached hydrogen (secondary N) is 2. The first-order valence-corrected chi connectivity index (χ1v) is 6.55. The van der Waals surface area contributed by atoms with Gasteiger partial charge in [-0.25, -0.2) is 4.98 Å². The molecule has 1 heterocycles. The fourth-order valence-corrected chi connectivity index (χ4v) is 1.96. The van der Waals surface area contributed by atoms with Gasteiger partial charge in [0, 0.05) is 18.8 Å². The molecule has 0 bridgehead atoms. The first-order valence-electron chi connectivity index (χ1n) is 6.55. The summed E-state index contributed by atoms with van der Waals surface area (Å²) in [6, 6.07) is 4.25. The van der Waals surface area contributed by atoms with E-state index in [1.165, 1.54) is 18.4 Å². The van der Waals surface area contributed by atoms with Crippen LogP contribution in [0.15, 0.2) is 12.1 Å². The number of rotatable bonds is 7. The van der Waals surface area contributed by atoms with E-state index in [4.69, 9.17) is 0 Å². The van der Waals surface area contributed by atoms with Crippen LogP contribution < -0.4 is 10.6 Å². The Hall–Kier alpha value is -1.09. The molecular weight excluding hydrogens is 210 g/mol. The lowest BCUT2D eigenvalue weighted by atomic mass is 10.0. The summed E-state index contributed by atoms with van der Waals surface area (Å²) >= 11 is 0. The van der Waals surface area contributed by atoms with Gasteiger partial charge in [-0.1, -0.05) is 26.7 Å². The SMILES string of the molecule is CCC(CC)CNc1cc(CNC)cc(C)n1. The Labute approximate surface area is 105 Å². The Balaban J connectivity index is 2.63. The minimum absolute atomic E-state index is 0.741. The van der Waals surface area contributed by atoms with Gasteiger partial charge in [0.2, 0.25) is 0 Å². The second-order valence-electron chi connectivity index (χ2n) is 4.60. The van der Waals surface area contributed by atoms with Gasteiger partial charge in [0.15, 0.2) is 0 Å². The largest absolute Gasteiger partial charge is 0.370 e. The molecule has 3 nitrogen and oxygen atoms in total. The van der Waals surface area contributed by atoms with E-state index in [2.05, 4.69) is 41.6 Å². The summed E-state index contributed by atoms with van der Waals surface area (Å²) in [4.78, 5) is 4.52. The maximum absolute atomic E-state index is 4.52. The van der Waals surface area contributed by atoms with Crippen LogP contribution in [0.2, 0.25) is 0 Å². The quantitative estimate of drug-likeness (QED) is 0.763. The van der Waals surface area contributed by atoms with Crippen molar-refractivity contribution in [1.82, 2.24) is 10.3 Å². The van der Waals surface area contributed by atoms with Crippen molar-refractivity contribution in [2.24, 2.45) is 5.92 Å². The number of aromatic nitrogens is 1. The molecule has 0 aliphatic carbocycles. The molecule has 0 aliphatic rings. The predicted molar refractivity (Wildman–Crippen MR) is 74.3 cm³/mol.